The van der Waals surface area contributed by atoms with Crippen LogP contribution in [-0.2, 0) is 15.7 Å². The van der Waals surface area contributed by atoms with Gasteiger partial charge >= 0.3 is 5.97 Å². The summed E-state index contributed by atoms with van der Waals surface area (Å²) in [4.78, 5) is 14.5. The molecule has 0 saturated heterocycles. The molecule has 0 unspecified atom stereocenters. The van der Waals surface area contributed by atoms with Gasteiger partial charge in [0.2, 0.25) is 0 Å². The number of carboxylic acid groups (broad SMARTS) is 1. The Labute approximate surface area is 97.4 Å². The van der Waals surface area contributed by atoms with Gasteiger partial charge in [0, 0.05) is 24.0 Å². The van der Waals surface area contributed by atoms with Gasteiger partial charge in [-0.2, -0.15) is 0 Å². The molecule has 17 heavy (non-hydrogen) atoms. The highest BCUT2D eigenvalue weighted by atomic mass is 32.2. The third-order valence-corrected chi connectivity index (χ3v) is 3.00. The minimum Gasteiger partial charge on any atom is -0.477 e. The van der Waals surface area contributed by atoms with Gasteiger partial charge in [-0.3, -0.25) is 0 Å². The van der Waals surface area contributed by atoms with Crippen molar-refractivity contribution in [3.63, 3.8) is 0 Å². The molecule has 0 aliphatic heterocycles. The van der Waals surface area contributed by atoms with Crippen molar-refractivity contribution < 1.29 is 18.3 Å². The average molecular weight is 254 g/mol. The summed E-state index contributed by atoms with van der Waals surface area (Å²) in [5.41, 5.74) is 0.439. The first-order valence-corrected chi connectivity index (χ1v) is 6.79. The summed E-state index contributed by atoms with van der Waals surface area (Å²) in [6.45, 7) is 0. The van der Waals surface area contributed by atoms with Crippen LogP contribution in [0.15, 0.2) is 24.5 Å². The van der Waals surface area contributed by atoms with Crippen LogP contribution >= 0.6 is 0 Å². The maximum absolute atomic E-state index is 11.2. The summed E-state index contributed by atoms with van der Waals surface area (Å²) in [7, 11) is -3.18. The zero-order valence-corrected chi connectivity index (χ0v) is 9.81. The van der Waals surface area contributed by atoms with Crippen molar-refractivity contribution in [3.05, 3.63) is 30.2 Å². The summed E-state index contributed by atoms with van der Waals surface area (Å²) in [5, 5.41) is 9.52. The number of sulfone groups is 1. The maximum Gasteiger partial charge on any atom is 0.354 e. The second kappa shape index (κ2) is 3.85. The summed E-state index contributed by atoms with van der Waals surface area (Å²) in [6.07, 6.45) is 4.13. The second-order valence-corrected chi connectivity index (χ2v) is 5.88. The highest BCUT2D eigenvalue weighted by molar-refractivity contribution is 7.89. The molecule has 0 aliphatic rings. The Morgan fingerprint density at radius 2 is 2.24 bits per heavy atom. The Morgan fingerprint density at radius 1 is 1.53 bits per heavy atom. The maximum atomic E-state index is 11.2. The van der Waals surface area contributed by atoms with Gasteiger partial charge in [0.25, 0.3) is 0 Å². The molecule has 2 rings (SSSR count). The monoisotopic (exact) mass is 254 g/mol. The van der Waals surface area contributed by atoms with Gasteiger partial charge < -0.3 is 9.67 Å². The lowest BCUT2D eigenvalue weighted by atomic mass is 10.3. The molecule has 2 heterocycles. The molecule has 2 aromatic rings. The van der Waals surface area contributed by atoms with Crippen molar-refractivity contribution in [1.82, 2.24) is 9.55 Å². The molecule has 0 spiro atoms. The molecular formula is C10H10N2O4S. The third kappa shape index (κ3) is 2.44. The van der Waals surface area contributed by atoms with Gasteiger partial charge in [0.1, 0.15) is 11.6 Å². The van der Waals surface area contributed by atoms with Crippen LogP contribution in [0.3, 0.4) is 0 Å². The molecular weight excluding hydrogens is 244 g/mol. The molecule has 0 aromatic carbocycles. The van der Waals surface area contributed by atoms with Crippen LogP contribution in [0.2, 0.25) is 0 Å². The summed E-state index contributed by atoms with van der Waals surface area (Å²) in [5.74, 6) is -1.32. The zero-order chi connectivity index (χ0) is 12.6. The Bertz CT molecular complexity index is 687. The number of aromatic nitrogens is 2. The second-order valence-electron chi connectivity index (χ2n) is 3.77. The molecule has 2 aromatic heterocycles. The van der Waals surface area contributed by atoms with Gasteiger partial charge in [-0.25, -0.2) is 18.2 Å². The van der Waals surface area contributed by atoms with Crippen molar-refractivity contribution >= 4 is 26.7 Å². The van der Waals surface area contributed by atoms with Crippen LogP contribution in [-0.4, -0.2) is 35.3 Å². The minimum absolute atomic E-state index is 0.106. The molecule has 0 radical (unpaired) electrons. The predicted molar refractivity (Wildman–Crippen MR) is 61.5 cm³/mol. The number of fused-ring (bicyclic) bond motifs is 1. The van der Waals surface area contributed by atoms with Crippen LogP contribution in [0.4, 0.5) is 0 Å². The number of nitrogens with zero attached hydrogens (tertiary/aromatic N) is 2. The number of rotatable bonds is 3. The average Bonchev–Trinajstić information content (AvgIpc) is 2.58. The lowest BCUT2D eigenvalue weighted by Gasteiger charge is -2.03. The predicted octanol–water partition coefficient (Wildman–Crippen LogP) is 0.737. The fraction of sp³-hybridized carbons (Fsp3) is 0.200. The molecule has 0 saturated carbocycles. The minimum atomic E-state index is -3.18. The Balaban J connectivity index is 2.58. The van der Waals surface area contributed by atoms with Crippen molar-refractivity contribution in [2.75, 3.05) is 6.26 Å². The molecule has 0 atom stereocenters. The first kappa shape index (κ1) is 11.6. The van der Waals surface area contributed by atoms with E-state index in [-0.39, 0.29) is 11.6 Å². The number of aromatic carboxylic acids is 1. The van der Waals surface area contributed by atoms with E-state index >= 15 is 0 Å². The number of hydrogen-bond acceptors (Lipinski definition) is 4. The Morgan fingerprint density at radius 3 is 2.82 bits per heavy atom. The summed E-state index contributed by atoms with van der Waals surface area (Å²) in [6, 6.07) is 3.06. The topological polar surface area (TPSA) is 89.3 Å². The first-order chi connectivity index (χ1) is 7.87. The normalized spacial score (nSPS) is 11.8. The number of pyridine rings is 1. The molecule has 7 heteroatoms. The molecule has 0 fully saturated rings. The van der Waals surface area contributed by atoms with Crippen molar-refractivity contribution in [2.45, 2.75) is 5.88 Å². The van der Waals surface area contributed by atoms with Crippen LogP contribution < -0.4 is 0 Å². The highest BCUT2D eigenvalue weighted by Crippen LogP contribution is 2.16. The highest BCUT2D eigenvalue weighted by Gasteiger charge is 2.11. The van der Waals surface area contributed by atoms with Crippen molar-refractivity contribution in [3.8, 4) is 0 Å². The lowest BCUT2D eigenvalue weighted by Crippen LogP contribution is -2.08. The molecule has 1 N–H and O–H groups in total. The van der Waals surface area contributed by atoms with E-state index < -0.39 is 15.8 Å². The lowest BCUT2D eigenvalue weighted by molar-refractivity contribution is 0.0690. The van der Waals surface area contributed by atoms with Gasteiger partial charge in [-0.05, 0) is 12.1 Å². The van der Waals surface area contributed by atoms with Crippen LogP contribution in [0.25, 0.3) is 10.9 Å². The van der Waals surface area contributed by atoms with E-state index in [0.29, 0.717) is 10.9 Å². The largest absolute Gasteiger partial charge is 0.477 e. The van der Waals surface area contributed by atoms with Crippen molar-refractivity contribution in [1.29, 1.82) is 0 Å². The summed E-state index contributed by atoms with van der Waals surface area (Å²) >= 11 is 0. The fourth-order valence-corrected chi connectivity index (χ4v) is 2.30. The van der Waals surface area contributed by atoms with Crippen molar-refractivity contribution in [2.24, 2.45) is 0 Å². The Hall–Kier alpha value is -1.89. The Kier molecular flexibility index (Phi) is 2.62. The van der Waals surface area contributed by atoms with Crippen LogP contribution in [0.5, 0.6) is 0 Å². The van der Waals surface area contributed by atoms with Gasteiger partial charge in [0.05, 0.1) is 5.52 Å². The number of carbonyl (C=O) groups is 1. The van der Waals surface area contributed by atoms with E-state index in [1.54, 1.807) is 12.3 Å². The quantitative estimate of drug-likeness (QED) is 0.872. The van der Waals surface area contributed by atoms with Gasteiger partial charge in [-0.15, -0.1) is 0 Å². The SMILES string of the molecule is CS(=O)(=O)Cn1ccc2cnc(C(=O)O)cc21. The van der Waals surface area contributed by atoms with E-state index in [0.717, 1.165) is 6.26 Å². The van der Waals surface area contributed by atoms with E-state index in [9.17, 15) is 13.2 Å². The first-order valence-electron chi connectivity index (χ1n) is 4.73. The molecule has 0 amide bonds. The number of hydrogen-bond donors (Lipinski definition) is 1. The van der Waals surface area contributed by atoms with Crippen LogP contribution in [0.1, 0.15) is 10.5 Å². The fourth-order valence-electron chi connectivity index (χ4n) is 1.57. The zero-order valence-electron chi connectivity index (χ0n) is 8.99. The van der Waals surface area contributed by atoms with Gasteiger partial charge in [0.15, 0.2) is 9.84 Å². The standard InChI is InChI=1S/C10H10N2O4S/c1-17(15,16)6-12-3-2-7-5-11-8(10(13)14)4-9(7)12/h2-5H,6H2,1H3,(H,13,14). The van der Waals surface area contributed by atoms with E-state index in [1.807, 2.05) is 0 Å². The molecule has 0 aliphatic carbocycles. The van der Waals surface area contributed by atoms with E-state index in [2.05, 4.69) is 4.98 Å². The number of carboxylic acids is 1. The van der Waals surface area contributed by atoms with Crippen LogP contribution in [0, 0.1) is 0 Å². The third-order valence-electron chi connectivity index (χ3n) is 2.25. The molecule has 0 bridgehead atoms. The molecule has 90 valence electrons. The molecule has 6 nitrogen and oxygen atoms in total. The smallest absolute Gasteiger partial charge is 0.354 e. The van der Waals surface area contributed by atoms with Gasteiger partial charge in [-0.1, -0.05) is 0 Å². The van der Waals surface area contributed by atoms with E-state index in [4.69, 9.17) is 5.11 Å². The summed E-state index contributed by atoms with van der Waals surface area (Å²) < 4.78 is 23.9. The van der Waals surface area contributed by atoms with E-state index in [1.165, 1.54) is 16.8 Å².